The molecular weight excluding hydrogens is 397 g/mol. The fourth-order valence-corrected chi connectivity index (χ4v) is 4.31. The predicted molar refractivity (Wildman–Crippen MR) is 113 cm³/mol. The Kier molecular flexibility index (Phi) is 4.50. The van der Waals surface area contributed by atoms with E-state index in [-0.39, 0.29) is 12.5 Å². The number of rotatable bonds is 4. The van der Waals surface area contributed by atoms with E-state index in [1.54, 1.807) is 25.2 Å². The van der Waals surface area contributed by atoms with E-state index in [0.29, 0.717) is 18.1 Å². The van der Waals surface area contributed by atoms with Crippen molar-refractivity contribution in [2.45, 2.75) is 32.2 Å². The van der Waals surface area contributed by atoms with Gasteiger partial charge in [-0.05, 0) is 18.6 Å². The van der Waals surface area contributed by atoms with E-state index >= 15 is 0 Å². The standard InChI is InChI=1S/C23H22FN5O2/c1-15-12-28-19-20(25-22(28)27(15)13-16-8-4-3-5-9-16)26(2)23(31)29(21(19)30)14-17-10-6-7-11-18(17)24/h3-12,19-20H,13-14H2,1-2H3. The van der Waals surface area contributed by atoms with Crippen molar-refractivity contribution in [3.63, 3.8) is 0 Å². The van der Waals surface area contributed by atoms with Gasteiger partial charge < -0.3 is 14.7 Å². The lowest BCUT2D eigenvalue weighted by Crippen LogP contribution is -2.63. The number of urea groups is 1. The van der Waals surface area contributed by atoms with Gasteiger partial charge in [0.05, 0.1) is 13.1 Å². The number of imide groups is 1. The number of hydrogen-bond acceptors (Lipinski definition) is 5. The zero-order valence-electron chi connectivity index (χ0n) is 17.3. The van der Waals surface area contributed by atoms with Crippen LogP contribution in [0.4, 0.5) is 9.18 Å². The van der Waals surface area contributed by atoms with Crippen molar-refractivity contribution in [2.75, 3.05) is 7.05 Å². The minimum absolute atomic E-state index is 0.114. The van der Waals surface area contributed by atoms with Crippen LogP contribution in [0.1, 0.15) is 18.1 Å². The summed E-state index contributed by atoms with van der Waals surface area (Å²) >= 11 is 0. The maximum Gasteiger partial charge on any atom is 0.328 e. The molecule has 0 aliphatic carbocycles. The van der Waals surface area contributed by atoms with E-state index < -0.39 is 24.1 Å². The molecule has 0 saturated carbocycles. The van der Waals surface area contributed by atoms with Gasteiger partial charge in [0.1, 0.15) is 5.82 Å². The number of carbonyl (C=O) groups is 2. The van der Waals surface area contributed by atoms with Gasteiger partial charge in [0.2, 0.25) is 5.96 Å². The summed E-state index contributed by atoms with van der Waals surface area (Å²) in [7, 11) is 1.63. The van der Waals surface area contributed by atoms with Crippen molar-refractivity contribution in [3.8, 4) is 0 Å². The van der Waals surface area contributed by atoms with Crippen LogP contribution in [0, 0.1) is 5.82 Å². The predicted octanol–water partition coefficient (Wildman–Crippen LogP) is 2.96. The second kappa shape index (κ2) is 7.23. The fourth-order valence-electron chi connectivity index (χ4n) is 4.31. The molecular formula is C23H22FN5O2. The molecule has 2 unspecified atom stereocenters. The molecule has 2 aromatic rings. The molecule has 0 spiro atoms. The highest BCUT2D eigenvalue weighted by Gasteiger charge is 2.54. The van der Waals surface area contributed by atoms with Gasteiger partial charge in [-0.3, -0.25) is 9.69 Å². The SMILES string of the molecule is CC1=CN2C(=NC3C2C(=O)N(Cc2ccccc2F)C(=O)N3C)N1Cc1ccccc1. The van der Waals surface area contributed by atoms with Crippen molar-refractivity contribution >= 4 is 17.9 Å². The molecule has 1 saturated heterocycles. The quantitative estimate of drug-likeness (QED) is 0.765. The first-order chi connectivity index (χ1) is 15.0. The third kappa shape index (κ3) is 3.06. The Morgan fingerprint density at radius 3 is 2.42 bits per heavy atom. The number of halogens is 1. The van der Waals surface area contributed by atoms with Gasteiger partial charge in [-0.15, -0.1) is 0 Å². The van der Waals surface area contributed by atoms with Gasteiger partial charge in [0.25, 0.3) is 5.91 Å². The summed E-state index contributed by atoms with van der Waals surface area (Å²) in [6.07, 6.45) is 1.28. The zero-order chi connectivity index (χ0) is 21.7. The van der Waals surface area contributed by atoms with Crippen LogP contribution >= 0.6 is 0 Å². The van der Waals surface area contributed by atoms with Crippen LogP contribution in [0.2, 0.25) is 0 Å². The third-order valence-corrected chi connectivity index (χ3v) is 5.97. The lowest BCUT2D eigenvalue weighted by atomic mass is 10.1. The van der Waals surface area contributed by atoms with Crippen molar-refractivity contribution in [1.29, 1.82) is 0 Å². The minimum atomic E-state index is -0.666. The van der Waals surface area contributed by atoms with Gasteiger partial charge in [-0.1, -0.05) is 48.5 Å². The Morgan fingerprint density at radius 1 is 0.968 bits per heavy atom. The lowest BCUT2D eigenvalue weighted by Gasteiger charge is -2.40. The number of fused-ring (bicyclic) bond motifs is 3. The Morgan fingerprint density at radius 2 is 1.68 bits per heavy atom. The van der Waals surface area contributed by atoms with Crippen LogP contribution in [-0.2, 0) is 17.9 Å². The van der Waals surface area contributed by atoms with Crippen LogP contribution in [0.15, 0.2) is 71.5 Å². The summed E-state index contributed by atoms with van der Waals surface area (Å²) in [5.74, 6) is -0.167. The van der Waals surface area contributed by atoms with Crippen molar-refractivity contribution in [1.82, 2.24) is 19.6 Å². The van der Waals surface area contributed by atoms with Crippen LogP contribution in [0.25, 0.3) is 0 Å². The molecule has 31 heavy (non-hydrogen) atoms. The van der Waals surface area contributed by atoms with Gasteiger partial charge in [0.15, 0.2) is 12.2 Å². The van der Waals surface area contributed by atoms with Gasteiger partial charge in [-0.2, -0.15) is 0 Å². The average molecular weight is 419 g/mol. The first kappa shape index (κ1) is 19.3. The normalized spacial score (nSPS) is 22.5. The number of guanidine groups is 1. The molecule has 0 N–H and O–H groups in total. The fraction of sp³-hybridized carbons (Fsp3) is 0.261. The molecule has 2 atom stereocenters. The van der Waals surface area contributed by atoms with Crippen molar-refractivity contribution < 1.29 is 14.0 Å². The first-order valence-corrected chi connectivity index (χ1v) is 10.1. The number of likely N-dealkylation sites (N-methyl/N-ethyl adjacent to an activating group) is 1. The highest BCUT2D eigenvalue weighted by Crippen LogP contribution is 2.35. The Hall–Kier alpha value is -3.68. The molecule has 3 aliphatic heterocycles. The minimum Gasteiger partial charge on any atom is -0.310 e. The zero-order valence-corrected chi connectivity index (χ0v) is 17.3. The summed E-state index contributed by atoms with van der Waals surface area (Å²) in [5, 5.41) is 0. The Bertz CT molecular complexity index is 1120. The van der Waals surface area contributed by atoms with E-state index in [1.807, 2.05) is 53.3 Å². The molecule has 2 aromatic carbocycles. The summed E-state index contributed by atoms with van der Waals surface area (Å²) in [5.41, 5.74) is 2.38. The highest BCUT2D eigenvalue weighted by molar-refractivity contribution is 6.04. The average Bonchev–Trinajstić information content (AvgIpc) is 3.28. The second-order valence-electron chi connectivity index (χ2n) is 7.95. The molecule has 0 bridgehead atoms. The molecule has 3 heterocycles. The van der Waals surface area contributed by atoms with Crippen LogP contribution < -0.4 is 0 Å². The van der Waals surface area contributed by atoms with Crippen LogP contribution in [-0.4, -0.2) is 56.8 Å². The molecule has 5 rings (SSSR count). The van der Waals surface area contributed by atoms with Crippen LogP contribution in [0.3, 0.4) is 0 Å². The highest BCUT2D eigenvalue weighted by atomic mass is 19.1. The number of amides is 3. The Balaban J connectivity index is 1.44. The molecule has 3 aliphatic rings. The molecule has 7 nitrogen and oxygen atoms in total. The van der Waals surface area contributed by atoms with E-state index in [1.165, 1.54) is 11.0 Å². The van der Waals surface area contributed by atoms with E-state index in [9.17, 15) is 14.0 Å². The lowest BCUT2D eigenvalue weighted by molar-refractivity contribution is -0.137. The van der Waals surface area contributed by atoms with E-state index in [2.05, 4.69) is 0 Å². The molecule has 8 heteroatoms. The smallest absolute Gasteiger partial charge is 0.310 e. The maximum absolute atomic E-state index is 14.2. The van der Waals surface area contributed by atoms with Crippen molar-refractivity contribution in [2.24, 2.45) is 4.99 Å². The van der Waals surface area contributed by atoms with Gasteiger partial charge >= 0.3 is 6.03 Å². The number of nitrogens with zero attached hydrogens (tertiary/aromatic N) is 5. The number of carbonyl (C=O) groups excluding carboxylic acids is 2. The van der Waals surface area contributed by atoms with Gasteiger partial charge in [0, 0.05) is 24.5 Å². The molecule has 3 amide bonds. The second-order valence-corrected chi connectivity index (χ2v) is 7.95. The molecule has 1 fully saturated rings. The van der Waals surface area contributed by atoms with Crippen LogP contribution in [0.5, 0.6) is 0 Å². The molecule has 0 aromatic heterocycles. The first-order valence-electron chi connectivity index (χ1n) is 10.1. The molecule has 158 valence electrons. The van der Waals surface area contributed by atoms with Crippen molar-refractivity contribution in [3.05, 3.63) is 83.4 Å². The molecule has 0 radical (unpaired) electrons. The summed E-state index contributed by atoms with van der Waals surface area (Å²) in [6, 6.07) is 15.0. The van der Waals surface area contributed by atoms with E-state index in [0.717, 1.165) is 16.2 Å². The number of allylic oxidation sites excluding steroid dienone is 1. The van der Waals surface area contributed by atoms with E-state index in [4.69, 9.17) is 4.99 Å². The number of aliphatic imine (C=N–C) groups is 1. The van der Waals surface area contributed by atoms with Gasteiger partial charge in [-0.25, -0.2) is 14.2 Å². The number of hydrogen-bond donors (Lipinski definition) is 0. The monoisotopic (exact) mass is 419 g/mol. The maximum atomic E-state index is 14.2. The largest absolute Gasteiger partial charge is 0.328 e. The third-order valence-electron chi connectivity index (χ3n) is 5.97. The summed E-state index contributed by atoms with van der Waals surface area (Å²) in [4.78, 5) is 37.5. The summed E-state index contributed by atoms with van der Waals surface area (Å²) in [6.45, 7) is 2.47. The number of benzene rings is 2. The summed E-state index contributed by atoms with van der Waals surface area (Å²) < 4.78 is 14.2. The topological polar surface area (TPSA) is 59.5 Å². The Labute approximate surface area is 179 Å².